The first-order valence-corrected chi connectivity index (χ1v) is 10.5. The summed E-state index contributed by atoms with van der Waals surface area (Å²) in [5, 5.41) is 3.33. The van der Waals surface area contributed by atoms with Crippen LogP contribution in [0.4, 0.5) is 18.9 Å². The van der Waals surface area contributed by atoms with Crippen molar-refractivity contribution in [2.75, 3.05) is 24.5 Å². The third kappa shape index (κ3) is 4.88. The van der Waals surface area contributed by atoms with Crippen LogP contribution in [0.15, 0.2) is 24.3 Å². The smallest absolute Gasteiger partial charge is 0.317 e. The number of carbonyl (C=O) groups is 1. The summed E-state index contributed by atoms with van der Waals surface area (Å²) in [6, 6.07) is 8.13. The molecular weight excluding hydrogens is 365 g/mol. The summed E-state index contributed by atoms with van der Waals surface area (Å²) in [4.78, 5) is 14.9. The summed E-state index contributed by atoms with van der Waals surface area (Å²) in [5.41, 5.74) is 1.97. The van der Waals surface area contributed by atoms with Gasteiger partial charge in [-0.3, -0.25) is 4.79 Å². The molecule has 1 aromatic rings. The maximum Gasteiger partial charge on any atom is 0.391 e. The van der Waals surface area contributed by atoms with E-state index >= 15 is 0 Å². The van der Waals surface area contributed by atoms with Gasteiger partial charge in [0.05, 0.1) is 11.3 Å². The standard InChI is InChI=1S/C22H31F3N2O/c1-17(22(23,24)25)5-3-2-4-6-18-7-9-19(10-8-18)27-16-13-21(20(27)28)11-14-26-15-12-21/h7-10,17,26H,2-6,11-16H2,1H3/t17-/m1/s1. The van der Waals surface area contributed by atoms with Gasteiger partial charge in [-0.25, -0.2) is 0 Å². The number of piperidine rings is 1. The molecule has 0 radical (unpaired) electrons. The Bertz CT molecular complexity index is 651. The topological polar surface area (TPSA) is 32.3 Å². The fraction of sp³-hybridized carbons (Fsp3) is 0.682. The van der Waals surface area contributed by atoms with Crippen molar-refractivity contribution in [1.29, 1.82) is 0 Å². The zero-order valence-electron chi connectivity index (χ0n) is 16.7. The summed E-state index contributed by atoms with van der Waals surface area (Å²) >= 11 is 0. The van der Waals surface area contributed by atoms with Gasteiger partial charge in [-0.15, -0.1) is 0 Å². The van der Waals surface area contributed by atoms with E-state index in [-0.39, 0.29) is 17.7 Å². The lowest BCUT2D eigenvalue weighted by molar-refractivity contribution is -0.171. The molecule has 2 aliphatic rings. The Kier molecular flexibility index (Phi) is 6.69. The van der Waals surface area contributed by atoms with E-state index in [0.29, 0.717) is 6.42 Å². The highest BCUT2D eigenvalue weighted by molar-refractivity contribution is 6.00. The van der Waals surface area contributed by atoms with Crippen molar-refractivity contribution in [3.63, 3.8) is 0 Å². The van der Waals surface area contributed by atoms with E-state index in [0.717, 1.165) is 63.8 Å². The van der Waals surface area contributed by atoms with Gasteiger partial charge in [-0.1, -0.05) is 31.9 Å². The lowest BCUT2D eigenvalue weighted by Crippen LogP contribution is -2.42. The Balaban J connectivity index is 1.45. The molecule has 1 amide bonds. The van der Waals surface area contributed by atoms with Crippen molar-refractivity contribution in [3.05, 3.63) is 29.8 Å². The summed E-state index contributed by atoms with van der Waals surface area (Å²) in [6.45, 7) is 3.88. The molecule has 1 N–H and O–H groups in total. The third-order valence-electron chi connectivity index (χ3n) is 6.48. The van der Waals surface area contributed by atoms with Crippen LogP contribution in [0.1, 0.15) is 57.4 Å². The van der Waals surface area contributed by atoms with Crippen molar-refractivity contribution < 1.29 is 18.0 Å². The van der Waals surface area contributed by atoms with Crippen molar-refractivity contribution in [2.24, 2.45) is 11.3 Å². The van der Waals surface area contributed by atoms with E-state index in [9.17, 15) is 18.0 Å². The molecule has 28 heavy (non-hydrogen) atoms. The minimum Gasteiger partial charge on any atom is -0.317 e. The number of hydrogen-bond acceptors (Lipinski definition) is 2. The van der Waals surface area contributed by atoms with Gasteiger partial charge in [-0.05, 0) is 69.3 Å². The lowest BCUT2D eigenvalue weighted by atomic mass is 9.78. The maximum absolute atomic E-state index is 13.0. The molecule has 2 fully saturated rings. The second kappa shape index (κ2) is 8.85. The predicted molar refractivity (Wildman–Crippen MR) is 105 cm³/mol. The van der Waals surface area contributed by atoms with E-state index < -0.39 is 12.1 Å². The van der Waals surface area contributed by atoms with Gasteiger partial charge in [-0.2, -0.15) is 13.2 Å². The average molecular weight is 396 g/mol. The first-order chi connectivity index (χ1) is 13.3. The molecule has 2 heterocycles. The third-order valence-corrected chi connectivity index (χ3v) is 6.48. The Labute approximate surface area is 165 Å². The number of carbonyl (C=O) groups excluding carboxylic acids is 1. The highest BCUT2D eigenvalue weighted by atomic mass is 19.4. The highest BCUT2D eigenvalue weighted by Gasteiger charge is 2.47. The molecule has 1 spiro atoms. The fourth-order valence-corrected chi connectivity index (χ4v) is 4.40. The van der Waals surface area contributed by atoms with Crippen LogP contribution < -0.4 is 10.2 Å². The van der Waals surface area contributed by atoms with Gasteiger partial charge in [0.2, 0.25) is 5.91 Å². The van der Waals surface area contributed by atoms with Crippen molar-refractivity contribution in [3.8, 4) is 0 Å². The quantitative estimate of drug-likeness (QED) is 0.651. The predicted octanol–water partition coefficient (Wildman–Crippen LogP) is 5.09. The molecule has 1 aromatic carbocycles. The van der Waals surface area contributed by atoms with Gasteiger partial charge < -0.3 is 10.2 Å². The molecule has 1 atom stereocenters. The second-order valence-corrected chi connectivity index (χ2v) is 8.45. The zero-order chi connectivity index (χ0) is 20.2. The van der Waals surface area contributed by atoms with Crippen LogP contribution in [0, 0.1) is 11.3 Å². The van der Waals surface area contributed by atoms with Crippen LogP contribution >= 0.6 is 0 Å². The van der Waals surface area contributed by atoms with Crippen LogP contribution in [0.2, 0.25) is 0 Å². The minimum absolute atomic E-state index is 0.169. The van der Waals surface area contributed by atoms with Crippen LogP contribution in [-0.2, 0) is 11.2 Å². The van der Waals surface area contributed by atoms with Gasteiger partial charge in [0.1, 0.15) is 0 Å². The molecular formula is C22H31F3N2O. The summed E-state index contributed by atoms with van der Waals surface area (Å²) in [6.07, 6.45) is 2.09. The van der Waals surface area contributed by atoms with Crippen LogP contribution in [0.3, 0.4) is 0 Å². The van der Waals surface area contributed by atoms with Crippen LogP contribution in [-0.4, -0.2) is 31.7 Å². The molecule has 0 saturated carbocycles. The number of halogens is 3. The number of nitrogens with one attached hydrogen (secondary N) is 1. The number of hydrogen-bond donors (Lipinski definition) is 1. The maximum atomic E-state index is 13.0. The first kappa shape index (κ1) is 21.2. The zero-order valence-corrected chi connectivity index (χ0v) is 16.7. The Morgan fingerprint density at radius 3 is 2.39 bits per heavy atom. The number of amides is 1. The highest BCUT2D eigenvalue weighted by Crippen LogP contribution is 2.41. The second-order valence-electron chi connectivity index (χ2n) is 8.45. The molecule has 2 aliphatic heterocycles. The molecule has 0 aromatic heterocycles. The number of rotatable bonds is 7. The molecule has 6 heteroatoms. The van der Waals surface area contributed by atoms with Crippen LogP contribution in [0.25, 0.3) is 0 Å². The molecule has 0 aliphatic carbocycles. The Hall–Kier alpha value is -1.56. The summed E-state index contributed by atoms with van der Waals surface area (Å²) in [7, 11) is 0. The Morgan fingerprint density at radius 2 is 1.75 bits per heavy atom. The van der Waals surface area contributed by atoms with E-state index in [1.54, 1.807) is 0 Å². The lowest BCUT2D eigenvalue weighted by Gasteiger charge is -2.32. The molecule has 2 saturated heterocycles. The summed E-state index contributed by atoms with van der Waals surface area (Å²) < 4.78 is 37.5. The van der Waals surface area contributed by atoms with Crippen molar-refractivity contribution in [1.82, 2.24) is 5.32 Å². The molecule has 0 bridgehead atoms. The van der Waals surface area contributed by atoms with Gasteiger partial charge >= 0.3 is 6.18 Å². The van der Waals surface area contributed by atoms with Crippen LogP contribution in [0.5, 0.6) is 0 Å². The largest absolute Gasteiger partial charge is 0.391 e. The Morgan fingerprint density at radius 1 is 1.07 bits per heavy atom. The SMILES string of the molecule is C[C@H](CCCCCc1ccc(N2CCC3(CCNCC3)C2=O)cc1)C(F)(F)F. The van der Waals surface area contributed by atoms with Crippen molar-refractivity contribution >= 4 is 11.6 Å². The molecule has 3 nitrogen and oxygen atoms in total. The number of benzene rings is 1. The normalized spacial score (nSPS) is 20.7. The van der Waals surface area contributed by atoms with Gasteiger partial charge in [0.15, 0.2) is 0 Å². The minimum atomic E-state index is -4.07. The van der Waals surface area contributed by atoms with E-state index in [2.05, 4.69) is 5.32 Å². The number of aryl methyl sites for hydroxylation is 1. The molecule has 0 unspecified atom stereocenters. The van der Waals surface area contributed by atoms with E-state index in [4.69, 9.17) is 0 Å². The number of alkyl halides is 3. The van der Waals surface area contributed by atoms with E-state index in [1.165, 1.54) is 12.5 Å². The fourth-order valence-electron chi connectivity index (χ4n) is 4.40. The molecule has 156 valence electrons. The van der Waals surface area contributed by atoms with Gasteiger partial charge in [0.25, 0.3) is 0 Å². The number of anilines is 1. The number of unbranched alkanes of at least 4 members (excludes halogenated alkanes) is 2. The first-order valence-electron chi connectivity index (χ1n) is 10.5. The number of nitrogens with zero attached hydrogens (tertiary/aromatic N) is 1. The summed E-state index contributed by atoms with van der Waals surface area (Å²) in [5.74, 6) is -0.950. The van der Waals surface area contributed by atoms with Gasteiger partial charge in [0, 0.05) is 12.2 Å². The molecule has 3 rings (SSSR count). The monoisotopic (exact) mass is 396 g/mol. The van der Waals surface area contributed by atoms with E-state index in [1.807, 2.05) is 29.2 Å². The van der Waals surface area contributed by atoms with Crippen molar-refractivity contribution in [2.45, 2.75) is 64.5 Å². The average Bonchev–Trinajstić information content (AvgIpc) is 2.98.